The molecule has 4 N–H and O–H groups in total. The van der Waals surface area contributed by atoms with E-state index in [2.05, 4.69) is 15.6 Å². The standard InChI is InChI=1S/C22H19ClN4O2/c23-18-9-7-16(8-10-18)21(28)27-20(12-15-4-3-11-25-13-15)22(29)26-14-17-5-1-2-6-19(17)24/h1-13H,14,24H2,(H,26,29)(H,27,28)/b20-12-. The second-order valence-corrected chi connectivity index (χ2v) is 6.62. The number of nitrogens with one attached hydrogen (secondary N) is 2. The lowest BCUT2D eigenvalue weighted by Gasteiger charge is -2.12. The largest absolute Gasteiger partial charge is 0.398 e. The number of halogens is 1. The number of anilines is 1. The molecule has 0 radical (unpaired) electrons. The predicted octanol–water partition coefficient (Wildman–Crippen LogP) is 3.40. The van der Waals surface area contributed by atoms with E-state index < -0.39 is 11.8 Å². The summed E-state index contributed by atoms with van der Waals surface area (Å²) in [6.45, 7) is 0.229. The first-order valence-electron chi connectivity index (χ1n) is 8.83. The van der Waals surface area contributed by atoms with Crippen molar-refractivity contribution in [3.8, 4) is 0 Å². The van der Waals surface area contributed by atoms with Crippen LogP contribution in [0.1, 0.15) is 21.5 Å². The second-order valence-electron chi connectivity index (χ2n) is 6.19. The van der Waals surface area contributed by atoms with Gasteiger partial charge in [0.15, 0.2) is 0 Å². The Morgan fingerprint density at radius 3 is 2.48 bits per heavy atom. The van der Waals surface area contributed by atoms with Crippen LogP contribution in [0, 0.1) is 0 Å². The van der Waals surface area contributed by atoms with Gasteiger partial charge in [0.1, 0.15) is 5.70 Å². The van der Waals surface area contributed by atoms with Gasteiger partial charge in [-0.3, -0.25) is 14.6 Å². The number of amides is 2. The smallest absolute Gasteiger partial charge is 0.268 e. The maximum absolute atomic E-state index is 12.8. The van der Waals surface area contributed by atoms with E-state index in [1.54, 1.807) is 60.9 Å². The second kappa shape index (κ2) is 9.52. The van der Waals surface area contributed by atoms with Crippen LogP contribution in [0.2, 0.25) is 5.02 Å². The van der Waals surface area contributed by atoms with Crippen molar-refractivity contribution in [2.24, 2.45) is 0 Å². The SMILES string of the molecule is Nc1ccccc1CNC(=O)/C(=C/c1cccnc1)NC(=O)c1ccc(Cl)cc1. The molecule has 1 heterocycles. The molecule has 0 aliphatic heterocycles. The molecule has 7 heteroatoms. The number of pyridine rings is 1. The Morgan fingerprint density at radius 1 is 1.03 bits per heavy atom. The molecule has 0 unspecified atom stereocenters. The van der Waals surface area contributed by atoms with Crippen LogP contribution in [0.4, 0.5) is 5.69 Å². The van der Waals surface area contributed by atoms with E-state index in [9.17, 15) is 9.59 Å². The van der Waals surface area contributed by atoms with Gasteiger partial charge in [0, 0.05) is 35.2 Å². The lowest BCUT2D eigenvalue weighted by Crippen LogP contribution is -2.34. The zero-order chi connectivity index (χ0) is 20.6. The van der Waals surface area contributed by atoms with Crippen molar-refractivity contribution in [1.82, 2.24) is 15.6 Å². The van der Waals surface area contributed by atoms with Crippen LogP contribution >= 0.6 is 11.6 Å². The maximum atomic E-state index is 12.8. The Hall–Kier alpha value is -3.64. The van der Waals surface area contributed by atoms with Gasteiger partial charge >= 0.3 is 0 Å². The van der Waals surface area contributed by atoms with E-state index in [1.807, 2.05) is 18.2 Å². The van der Waals surface area contributed by atoms with Crippen LogP contribution in [0.25, 0.3) is 6.08 Å². The Kier molecular flexibility index (Phi) is 6.60. The molecule has 3 rings (SSSR count). The molecule has 0 atom stereocenters. The third kappa shape index (κ3) is 5.67. The molecule has 0 spiro atoms. The zero-order valence-electron chi connectivity index (χ0n) is 15.4. The van der Waals surface area contributed by atoms with Crippen molar-refractivity contribution in [2.75, 3.05) is 5.73 Å². The highest BCUT2D eigenvalue weighted by Crippen LogP contribution is 2.12. The number of carbonyl (C=O) groups is 2. The number of nitrogens with two attached hydrogens (primary N) is 1. The fourth-order valence-electron chi connectivity index (χ4n) is 2.55. The number of hydrogen-bond acceptors (Lipinski definition) is 4. The van der Waals surface area contributed by atoms with Crippen LogP contribution in [0.15, 0.2) is 78.8 Å². The van der Waals surface area contributed by atoms with E-state index >= 15 is 0 Å². The lowest BCUT2D eigenvalue weighted by atomic mass is 10.1. The molecular formula is C22H19ClN4O2. The number of benzene rings is 2. The third-order valence-electron chi connectivity index (χ3n) is 4.09. The highest BCUT2D eigenvalue weighted by Gasteiger charge is 2.15. The van der Waals surface area contributed by atoms with E-state index in [0.717, 1.165) is 5.56 Å². The van der Waals surface area contributed by atoms with E-state index in [0.29, 0.717) is 21.8 Å². The quantitative estimate of drug-likeness (QED) is 0.431. The number of nitrogens with zero attached hydrogens (tertiary/aromatic N) is 1. The van der Waals surface area contributed by atoms with E-state index in [4.69, 9.17) is 17.3 Å². The van der Waals surface area contributed by atoms with Gasteiger partial charge in [-0.1, -0.05) is 35.9 Å². The topological polar surface area (TPSA) is 97.1 Å². The monoisotopic (exact) mass is 406 g/mol. The molecule has 1 aromatic heterocycles. The minimum Gasteiger partial charge on any atom is -0.398 e. The molecule has 0 saturated carbocycles. The molecule has 6 nitrogen and oxygen atoms in total. The number of nitrogen functional groups attached to an aromatic ring is 1. The molecule has 0 bridgehead atoms. The summed E-state index contributed by atoms with van der Waals surface area (Å²) in [5, 5.41) is 5.96. The maximum Gasteiger partial charge on any atom is 0.268 e. The van der Waals surface area contributed by atoms with Crippen molar-refractivity contribution in [1.29, 1.82) is 0 Å². The number of rotatable bonds is 6. The van der Waals surface area contributed by atoms with Crippen LogP contribution in [0.3, 0.4) is 0 Å². The van der Waals surface area contributed by atoms with Crippen molar-refractivity contribution >= 4 is 35.2 Å². The van der Waals surface area contributed by atoms with E-state index in [-0.39, 0.29) is 12.2 Å². The molecule has 29 heavy (non-hydrogen) atoms. The van der Waals surface area contributed by atoms with Gasteiger partial charge in [0.2, 0.25) is 0 Å². The summed E-state index contributed by atoms with van der Waals surface area (Å²) < 4.78 is 0. The molecule has 0 fully saturated rings. The highest BCUT2D eigenvalue weighted by atomic mass is 35.5. The first-order chi connectivity index (χ1) is 14.0. The fourth-order valence-corrected chi connectivity index (χ4v) is 2.67. The Morgan fingerprint density at radius 2 is 1.79 bits per heavy atom. The minimum atomic E-state index is -0.445. The fraction of sp³-hybridized carbons (Fsp3) is 0.0455. The molecule has 2 amide bonds. The summed E-state index contributed by atoms with van der Waals surface area (Å²) in [7, 11) is 0. The third-order valence-corrected chi connectivity index (χ3v) is 4.34. The van der Waals surface area contributed by atoms with Gasteiger partial charge in [0.25, 0.3) is 11.8 Å². The number of hydrogen-bond donors (Lipinski definition) is 3. The predicted molar refractivity (Wildman–Crippen MR) is 114 cm³/mol. The number of aromatic nitrogens is 1. The zero-order valence-corrected chi connectivity index (χ0v) is 16.2. The molecule has 0 aliphatic rings. The number of carbonyl (C=O) groups excluding carboxylic acids is 2. The normalized spacial score (nSPS) is 11.0. The van der Waals surface area contributed by atoms with Crippen molar-refractivity contribution in [3.05, 3.63) is 100 Å². The summed E-state index contributed by atoms with van der Waals surface area (Å²) in [6, 6.07) is 17.2. The molecule has 2 aromatic carbocycles. The summed E-state index contributed by atoms with van der Waals surface area (Å²) in [4.78, 5) is 29.4. The highest BCUT2D eigenvalue weighted by molar-refractivity contribution is 6.30. The molecule has 0 saturated heterocycles. The van der Waals surface area contributed by atoms with Gasteiger partial charge in [-0.2, -0.15) is 0 Å². The van der Waals surface area contributed by atoms with E-state index in [1.165, 1.54) is 0 Å². The van der Waals surface area contributed by atoms with Crippen molar-refractivity contribution in [3.63, 3.8) is 0 Å². The first kappa shape index (κ1) is 20.1. The first-order valence-corrected chi connectivity index (χ1v) is 9.21. The Balaban J connectivity index is 1.80. The van der Waals surface area contributed by atoms with Crippen LogP contribution in [0.5, 0.6) is 0 Å². The molecular weight excluding hydrogens is 388 g/mol. The average Bonchev–Trinajstić information content (AvgIpc) is 2.73. The molecule has 3 aromatic rings. The van der Waals surface area contributed by atoms with Crippen LogP contribution in [-0.4, -0.2) is 16.8 Å². The minimum absolute atomic E-state index is 0.0902. The summed E-state index contributed by atoms with van der Waals surface area (Å²) in [6.07, 6.45) is 4.78. The van der Waals surface area contributed by atoms with Gasteiger partial charge in [-0.05, 0) is 53.6 Å². The van der Waals surface area contributed by atoms with Crippen molar-refractivity contribution in [2.45, 2.75) is 6.54 Å². The molecule has 146 valence electrons. The van der Waals surface area contributed by atoms with Crippen molar-refractivity contribution < 1.29 is 9.59 Å². The van der Waals surface area contributed by atoms with Gasteiger partial charge in [0.05, 0.1) is 0 Å². The Labute approximate surface area is 173 Å². The van der Waals surface area contributed by atoms with Crippen LogP contribution in [-0.2, 0) is 11.3 Å². The molecule has 0 aliphatic carbocycles. The van der Waals surface area contributed by atoms with Gasteiger partial charge in [-0.25, -0.2) is 0 Å². The lowest BCUT2D eigenvalue weighted by molar-refractivity contribution is -0.117. The summed E-state index contributed by atoms with van der Waals surface area (Å²) in [5.74, 6) is -0.870. The summed E-state index contributed by atoms with van der Waals surface area (Å²) in [5.41, 5.74) is 8.43. The number of para-hydroxylation sites is 1. The summed E-state index contributed by atoms with van der Waals surface area (Å²) >= 11 is 5.87. The average molecular weight is 407 g/mol. The Bertz CT molecular complexity index is 1030. The van der Waals surface area contributed by atoms with Gasteiger partial charge in [-0.15, -0.1) is 0 Å². The van der Waals surface area contributed by atoms with Crippen LogP contribution < -0.4 is 16.4 Å². The van der Waals surface area contributed by atoms with Gasteiger partial charge < -0.3 is 16.4 Å².